The van der Waals surface area contributed by atoms with Crippen molar-refractivity contribution in [2.24, 2.45) is 5.73 Å². The lowest BCUT2D eigenvalue weighted by atomic mass is 10.0. The van der Waals surface area contributed by atoms with Crippen LogP contribution >= 0.6 is 0 Å². The first-order chi connectivity index (χ1) is 9.76. The van der Waals surface area contributed by atoms with Crippen LogP contribution in [0, 0.1) is 0 Å². The maximum absolute atomic E-state index is 11.2. The van der Waals surface area contributed by atoms with Crippen LogP contribution in [0.15, 0.2) is 24.3 Å². The Kier molecular flexibility index (Phi) is 8.72. The minimum absolute atomic E-state index is 0.0667. The standard InChI is InChI=1S/C17H27NO2/c1-2-20-17(19)8-6-4-3-5-7-15-9-11-16(12-10-15)13-14-18/h9-12H,2-8,13-14,18H2,1H3. The number of unbranched alkanes of at least 4 members (excludes halogenated alkanes) is 3. The highest BCUT2D eigenvalue weighted by atomic mass is 16.5. The van der Waals surface area contributed by atoms with Gasteiger partial charge in [0.1, 0.15) is 0 Å². The van der Waals surface area contributed by atoms with Crippen molar-refractivity contribution in [3.05, 3.63) is 35.4 Å². The highest BCUT2D eigenvalue weighted by molar-refractivity contribution is 5.69. The van der Waals surface area contributed by atoms with E-state index >= 15 is 0 Å². The second kappa shape index (κ2) is 10.4. The van der Waals surface area contributed by atoms with E-state index in [-0.39, 0.29) is 5.97 Å². The van der Waals surface area contributed by atoms with Crippen molar-refractivity contribution in [2.45, 2.75) is 51.9 Å². The first-order valence-corrected chi connectivity index (χ1v) is 7.69. The molecule has 0 aliphatic rings. The quantitative estimate of drug-likeness (QED) is 0.527. The zero-order valence-corrected chi connectivity index (χ0v) is 12.6. The van der Waals surface area contributed by atoms with Crippen LogP contribution in [0.2, 0.25) is 0 Å². The van der Waals surface area contributed by atoms with E-state index in [0.29, 0.717) is 19.6 Å². The number of aryl methyl sites for hydroxylation is 1. The molecule has 0 aromatic heterocycles. The zero-order chi connectivity index (χ0) is 14.6. The Balaban J connectivity index is 2.07. The Labute approximate surface area is 122 Å². The molecule has 0 bridgehead atoms. The summed E-state index contributed by atoms with van der Waals surface area (Å²) in [6.07, 6.45) is 7.01. The van der Waals surface area contributed by atoms with Gasteiger partial charge in [0.25, 0.3) is 0 Å². The van der Waals surface area contributed by atoms with Crippen molar-refractivity contribution in [2.75, 3.05) is 13.2 Å². The second-order valence-corrected chi connectivity index (χ2v) is 5.07. The fourth-order valence-corrected chi connectivity index (χ4v) is 2.22. The molecule has 1 aromatic rings. The zero-order valence-electron chi connectivity index (χ0n) is 12.6. The van der Waals surface area contributed by atoms with Crippen LogP contribution in [0.5, 0.6) is 0 Å². The molecule has 112 valence electrons. The van der Waals surface area contributed by atoms with Crippen LogP contribution in [0.25, 0.3) is 0 Å². The highest BCUT2D eigenvalue weighted by Gasteiger charge is 2.01. The summed E-state index contributed by atoms with van der Waals surface area (Å²) in [5, 5.41) is 0. The lowest BCUT2D eigenvalue weighted by molar-refractivity contribution is -0.143. The summed E-state index contributed by atoms with van der Waals surface area (Å²) >= 11 is 0. The molecule has 0 unspecified atom stereocenters. The molecule has 0 atom stereocenters. The van der Waals surface area contributed by atoms with Crippen LogP contribution < -0.4 is 5.73 Å². The molecule has 2 N–H and O–H groups in total. The molecule has 20 heavy (non-hydrogen) atoms. The molecule has 0 saturated carbocycles. The van der Waals surface area contributed by atoms with Gasteiger partial charge in [-0.05, 0) is 50.3 Å². The lowest BCUT2D eigenvalue weighted by Crippen LogP contribution is -2.03. The fraction of sp³-hybridized carbons (Fsp3) is 0.588. The Morgan fingerprint density at radius 1 is 1.00 bits per heavy atom. The van der Waals surface area contributed by atoms with E-state index < -0.39 is 0 Å². The highest BCUT2D eigenvalue weighted by Crippen LogP contribution is 2.11. The average molecular weight is 277 g/mol. The van der Waals surface area contributed by atoms with Gasteiger partial charge in [0, 0.05) is 6.42 Å². The van der Waals surface area contributed by atoms with Gasteiger partial charge in [0.2, 0.25) is 0 Å². The number of hydrogen-bond acceptors (Lipinski definition) is 3. The minimum atomic E-state index is -0.0667. The monoisotopic (exact) mass is 277 g/mol. The number of nitrogens with two attached hydrogens (primary N) is 1. The third kappa shape index (κ3) is 7.29. The summed E-state index contributed by atoms with van der Waals surface area (Å²) in [5.41, 5.74) is 8.23. The molecule has 0 heterocycles. The van der Waals surface area contributed by atoms with E-state index in [9.17, 15) is 4.79 Å². The van der Waals surface area contributed by atoms with Gasteiger partial charge in [-0.1, -0.05) is 37.1 Å². The normalized spacial score (nSPS) is 10.5. The van der Waals surface area contributed by atoms with Gasteiger partial charge in [0.05, 0.1) is 6.61 Å². The van der Waals surface area contributed by atoms with E-state index in [2.05, 4.69) is 24.3 Å². The topological polar surface area (TPSA) is 52.3 Å². The second-order valence-electron chi connectivity index (χ2n) is 5.07. The van der Waals surface area contributed by atoms with E-state index in [0.717, 1.165) is 25.7 Å². The van der Waals surface area contributed by atoms with Gasteiger partial charge >= 0.3 is 5.97 Å². The minimum Gasteiger partial charge on any atom is -0.466 e. The van der Waals surface area contributed by atoms with Crippen molar-refractivity contribution in [3.63, 3.8) is 0 Å². The molecule has 0 aliphatic carbocycles. The molecule has 0 saturated heterocycles. The van der Waals surface area contributed by atoms with Crippen LogP contribution in [0.4, 0.5) is 0 Å². The number of benzene rings is 1. The summed E-state index contributed by atoms with van der Waals surface area (Å²) in [7, 11) is 0. The van der Waals surface area contributed by atoms with Crippen molar-refractivity contribution in [1.82, 2.24) is 0 Å². The predicted molar refractivity (Wildman–Crippen MR) is 82.6 cm³/mol. The maximum atomic E-state index is 11.2. The third-order valence-corrected chi connectivity index (χ3v) is 3.36. The molecule has 0 spiro atoms. The molecular formula is C17H27NO2. The molecule has 0 radical (unpaired) electrons. The Morgan fingerprint density at radius 2 is 1.60 bits per heavy atom. The summed E-state index contributed by atoms with van der Waals surface area (Å²) in [4.78, 5) is 11.2. The van der Waals surface area contributed by atoms with Crippen molar-refractivity contribution >= 4 is 5.97 Å². The van der Waals surface area contributed by atoms with E-state index in [1.807, 2.05) is 6.92 Å². The molecule has 0 amide bonds. The first kappa shape index (κ1) is 16.7. The number of rotatable bonds is 10. The van der Waals surface area contributed by atoms with E-state index in [1.165, 1.54) is 24.0 Å². The summed E-state index contributed by atoms with van der Waals surface area (Å²) in [6, 6.07) is 8.74. The first-order valence-electron chi connectivity index (χ1n) is 7.69. The van der Waals surface area contributed by atoms with Crippen LogP contribution in [0.1, 0.15) is 50.2 Å². The molecule has 3 heteroatoms. The van der Waals surface area contributed by atoms with Crippen LogP contribution in [-0.4, -0.2) is 19.1 Å². The Hall–Kier alpha value is -1.35. The van der Waals surface area contributed by atoms with Crippen LogP contribution in [-0.2, 0) is 22.4 Å². The molecule has 0 fully saturated rings. The molecule has 0 aliphatic heterocycles. The number of esters is 1. The number of carbonyl (C=O) groups is 1. The van der Waals surface area contributed by atoms with E-state index in [1.54, 1.807) is 0 Å². The fourth-order valence-electron chi connectivity index (χ4n) is 2.22. The number of carbonyl (C=O) groups excluding carboxylic acids is 1. The van der Waals surface area contributed by atoms with Crippen molar-refractivity contribution < 1.29 is 9.53 Å². The van der Waals surface area contributed by atoms with Gasteiger partial charge in [-0.25, -0.2) is 0 Å². The molecular weight excluding hydrogens is 250 g/mol. The van der Waals surface area contributed by atoms with Crippen molar-refractivity contribution in [3.8, 4) is 0 Å². The van der Waals surface area contributed by atoms with Crippen molar-refractivity contribution in [1.29, 1.82) is 0 Å². The van der Waals surface area contributed by atoms with Gasteiger partial charge in [-0.15, -0.1) is 0 Å². The SMILES string of the molecule is CCOC(=O)CCCCCCc1ccc(CCN)cc1. The summed E-state index contributed by atoms with van der Waals surface area (Å²) in [5.74, 6) is -0.0667. The van der Waals surface area contributed by atoms with Gasteiger partial charge < -0.3 is 10.5 Å². The van der Waals surface area contributed by atoms with E-state index in [4.69, 9.17) is 10.5 Å². The third-order valence-electron chi connectivity index (χ3n) is 3.36. The maximum Gasteiger partial charge on any atom is 0.305 e. The Bertz CT molecular complexity index is 373. The summed E-state index contributed by atoms with van der Waals surface area (Å²) in [6.45, 7) is 3.04. The smallest absolute Gasteiger partial charge is 0.305 e. The Morgan fingerprint density at radius 3 is 2.20 bits per heavy atom. The lowest BCUT2D eigenvalue weighted by Gasteiger charge is -2.04. The predicted octanol–water partition coefficient (Wildman–Crippen LogP) is 3.24. The van der Waals surface area contributed by atoms with Gasteiger partial charge in [-0.2, -0.15) is 0 Å². The molecule has 3 nitrogen and oxygen atoms in total. The number of ether oxygens (including phenoxy) is 1. The van der Waals surface area contributed by atoms with Gasteiger partial charge in [-0.3, -0.25) is 4.79 Å². The average Bonchev–Trinajstić information content (AvgIpc) is 2.45. The van der Waals surface area contributed by atoms with Gasteiger partial charge in [0.15, 0.2) is 0 Å². The largest absolute Gasteiger partial charge is 0.466 e. The molecule has 1 aromatic carbocycles. The summed E-state index contributed by atoms with van der Waals surface area (Å²) < 4.78 is 4.90. The molecule has 1 rings (SSSR count). The van der Waals surface area contributed by atoms with Crippen LogP contribution in [0.3, 0.4) is 0 Å². The number of hydrogen-bond donors (Lipinski definition) is 1.